The molecule has 0 saturated carbocycles. The van der Waals surface area contributed by atoms with E-state index in [9.17, 15) is 38.7 Å². The van der Waals surface area contributed by atoms with E-state index in [1.807, 2.05) is 112 Å². The molecule has 0 bridgehead atoms. The highest BCUT2D eigenvalue weighted by atomic mass is 79.9. The SMILES string of the molecule is COC(=O)CC(CCC1CCN(C(=O)CCCBr)CC1)c1cccnc1.COC(=O)CC(CCC1CCN(C(=O)CCCNc2ccccn2)CC1)c1cccnc1.Nc1ccccn1.O=C(Cl)CCCBr.O=C(O)CC(CCC1CCN(C(=O)CCCNc2ccccn2)CC1)c1cccnc1. The summed E-state index contributed by atoms with van der Waals surface area (Å²) in [6, 6.07) is 28.6. The number of nitrogens with two attached hydrogens (primary N) is 1. The maximum atomic E-state index is 12.5. The predicted molar refractivity (Wildman–Crippen MR) is 412 cm³/mol. The van der Waals surface area contributed by atoms with Gasteiger partial charge in [0.05, 0.1) is 33.5 Å². The van der Waals surface area contributed by atoms with E-state index in [1.165, 1.54) is 14.2 Å². The molecule has 22 nitrogen and oxygen atoms in total. The number of amides is 3. The topological polar surface area (TPSA) is 295 Å². The molecule has 3 saturated heterocycles. The zero-order valence-corrected chi connectivity index (χ0v) is 63.9. The van der Waals surface area contributed by atoms with Crippen molar-refractivity contribution in [3.63, 3.8) is 0 Å². The van der Waals surface area contributed by atoms with E-state index in [-0.39, 0.29) is 59.1 Å². The third kappa shape index (κ3) is 36.8. The number of esters is 2. The summed E-state index contributed by atoms with van der Waals surface area (Å²) in [6.07, 6.45) is 34.3. The monoisotopic (exact) mass is 1560 g/mol. The smallest absolute Gasteiger partial charge is 0.306 e. The molecule has 6 aromatic heterocycles. The van der Waals surface area contributed by atoms with Gasteiger partial charge in [-0.05, 0) is 221 Å². The maximum absolute atomic E-state index is 12.5. The molecule has 0 radical (unpaired) electrons. The molecule has 6 aromatic rings. The van der Waals surface area contributed by atoms with Crippen molar-refractivity contribution in [1.82, 2.24) is 44.6 Å². The summed E-state index contributed by atoms with van der Waals surface area (Å²) in [5.74, 6) is 3.89. The fourth-order valence-corrected chi connectivity index (χ4v) is 13.3. The lowest BCUT2D eigenvalue weighted by Crippen LogP contribution is -2.38. The molecular formula is C78H107Br2ClN12O10. The molecule has 9 heterocycles. The molecule has 3 atom stereocenters. The first-order valence-corrected chi connectivity index (χ1v) is 38.8. The molecule has 103 heavy (non-hydrogen) atoms. The number of nitrogens with one attached hydrogen (secondary N) is 2. The first kappa shape index (κ1) is 85.7. The molecule has 3 fully saturated rings. The van der Waals surface area contributed by atoms with Gasteiger partial charge in [-0.25, -0.2) is 15.0 Å². The van der Waals surface area contributed by atoms with Crippen LogP contribution >= 0.6 is 43.5 Å². The molecule has 25 heteroatoms. The Morgan fingerprint density at radius 1 is 0.485 bits per heavy atom. The number of carbonyl (C=O) groups excluding carboxylic acids is 6. The fourth-order valence-electron chi connectivity index (χ4n) is 12.6. The fraction of sp³-hybridized carbons (Fsp3) is 0.526. The molecule has 3 aliphatic heterocycles. The number of halogens is 3. The van der Waals surface area contributed by atoms with Crippen LogP contribution in [0.25, 0.3) is 0 Å². The lowest BCUT2D eigenvalue weighted by molar-refractivity contribution is -0.142. The number of aromatic nitrogens is 6. The lowest BCUT2D eigenvalue weighted by atomic mass is 9.85. The molecule has 3 amide bonds. The minimum Gasteiger partial charge on any atom is -0.481 e. The number of alkyl halides is 2. The predicted octanol–water partition coefficient (Wildman–Crippen LogP) is 14.5. The Morgan fingerprint density at radius 2 is 0.835 bits per heavy atom. The van der Waals surface area contributed by atoms with E-state index in [0.29, 0.717) is 62.1 Å². The zero-order chi connectivity index (χ0) is 74.1. The van der Waals surface area contributed by atoms with Crippen LogP contribution in [0.3, 0.4) is 0 Å². The summed E-state index contributed by atoms with van der Waals surface area (Å²) in [4.78, 5) is 113. The highest BCUT2D eigenvalue weighted by Gasteiger charge is 2.28. The first-order chi connectivity index (χ1) is 50.1. The van der Waals surface area contributed by atoms with Gasteiger partial charge in [0, 0.05) is 144 Å². The van der Waals surface area contributed by atoms with Gasteiger partial charge < -0.3 is 45.6 Å². The summed E-state index contributed by atoms with van der Waals surface area (Å²) in [5.41, 5.74) is 8.43. The van der Waals surface area contributed by atoms with Crippen molar-refractivity contribution in [2.45, 2.75) is 165 Å². The standard InChI is InChI=1S/C25H34N4O3.C24H32N4O3.C20H29BrN2O3.C5H6N2.C4H6BrClO/c1-32-25(31)18-21(22-6-4-13-26-19-22)10-9-20-11-16-29(17-12-20)24(30)8-5-15-28-23-7-2-3-14-27-23;29-23(7-4-14-27-22-6-1-2-13-26-22)28-15-10-19(11-16-28)8-9-20(17-24(30)31)21-5-3-12-25-18-21;1-26-20(25)14-17(18-4-3-11-22-15-18)7-6-16-8-12-23(13-9-16)19(24)5-2-10-21;6-5-3-1-2-4-7-5;5-3-1-2-4(6)7/h2-4,6-7,13-14,19-21H,5,8-12,15-18H2,1H3,(H,27,28);1-3,5-6,12-13,18-20H,4,7-11,14-17H2,(H,26,27)(H,30,31);3-4,11,15-17H,2,5-10,12-14H2,1H3;1-4H,(H2,6,7);1-3H2. The molecule has 9 rings (SSSR count). The van der Waals surface area contributed by atoms with Gasteiger partial charge in [-0.15, -0.1) is 0 Å². The van der Waals surface area contributed by atoms with Gasteiger partial charge in [-0.3, -0.25) is 48.5 Å². The van der Waals surface area contributed by atoms with Crippen molar-refractivity contribution < 1.29 is 48.1 Å². The second-order valence-corrected chi connectivity index (χ2v) is 28.0. The summed E-state index contributed by atoms with van der Waals surface area (Å²) in [7, 11) is 2.87. The second kappa shape index (κ2) is 52.1. The summed E-state index contributed by atoms with van der Waals surface area (Å²) in [5, 5.41) is 17.2. The normalized spacial score (nSPS) is 14.7. The summed E-state index contributed by atoms with van der Waals surface area (Å²) in [6.45, 7) is 6.45. The number of methoxy groups -OCH3 is 2. The number of nitrogen functional groups attached to an aromatic ring is 1. The molecule has 0 spiro atoms. The van der Waals surface area contributed by atoms with Crippen molar-refractivity contribution in [2.75, 3.05) is 93.6 Å². The largest absolute Gasteiger partial charge is 0.481 e. The summed E-state index contributed by atoms with van der Waals surface area (Å²) >= 11 is 11.5. The van der Waals surface area contributed by atoms with Gasteiger partial charge >= 0.3 is 17.9 Å². The molecular weight excluding hydrogens is 1460 g/mol. The number of anilines is 3. The Morgan fingerprint density at radius 3 is 1.11 bits per heavy atom. The van der Waals surface area contributed by atoms with E-state index >= 15 is 0 Å². The van der Waals surface area contributed by atoms with Crippen LogP contribution in [0, 0.1) is 17.8 Å². The van der Waals surface area contributed by atoms with E-state index in [4.69, 9.17) is 26.8 Å². The zero-order valence-electron chi connectivity index (χ0n) is 60.0. The number of aliphatic carboxylic acids is 1. The first-order valence-electron chi connectivity index (χ1n) is 36.2. The minimum absolute atomic E-state index is 0.00235. The quantitative estimate of drug-likeness (QED) is 0.0126. The van der Waals surface area contributed by atoms with Gasteiger partial charge in [-0.1, -0.05) is 68.3 Å². The molecule has 0 aliphatic carbocycles. The maximum Gasteiger partial charge on any atom is 0.306 e. The molecule has 3 unspecified atom stereocenters. The number of rotatable bonds is 34. The molecule has 560 valence electrons. The van der Waals surface area contributed by atoms with Crippen molar-refractivity contribution >= 4 is 102 Å². The van der Waals surface area contributed by atoms with Crippen molar-refractivity contribution in [1.29, 1.82) is 0 Å². The van der Waals surface area contributed by atoms with E-state index < -0.39 is 5.97 Å². The number of carbonyl (C=O) groups is 7. The number of nitrogens with zero attached hydrogens (tertiary/aromatic N) is 9. The van der Waals surface area contributed by atoms with Gasteiger partial charge in [0.2, 0.25) is 23.0 Å². The second-order valence-electron chi connectivity index (χ2n) is 26.0. The highest BCUT2D eigenvalue weighted by molar-refractivity contribution is 9.09. The van der Waals surface area contributed by atoms with Crippen LogP contribution in [-0.4, -0.2) is 168 Å². The molecule has 0 aromatic carbocycles. The van der Waals surface area contributed by atoms with Gasteiger partial charge in [0.25, 0.3) is 0 Å². The third-order valence-electron chi connectivity index (χ3n) is 18.6. The lowest BCUT2D eigenvalue weighted by Gasteiger charge is -2.32. The number of likely N-dealkylation sites (tertiary alicyclic amines) is 3. The van der Waals surface area contributed by atoms with Crippen molar-refractivity contribution in [3.8, 4) is 0 Å². The van der Waals surface area contributed by atoms with Crippen LogP contribution in [0.5, 0.6) is 0 Å². The Hall–Kier alpha value is -7.96. The van der Waals surface area contributed by atoms with Crippen LogP contribution in [0.15, 0.2) is 147 Å². The van der Waals surface area contributed by atoms with Gasteiger partial charge in [0.1, 0.15) is 17.5 Å². The number of ether oxygens (including phenoxy) is 2. The molecule has 5 N–H and O–H groups in total. The van der Waals surface area contributed by atoms with E-state index in [0.717, 1.165) is 194 Å². The minimum atomic E-state index is -0.771. The molecule has 3 aliphatic rings. The van der Waals surface area contributed by atoms with Crippen LogP contribution in [-0.2, 0) is 43.0 Å². The van der Waals surface area contributed by atoms with E-state index in [2.05, 4.69) is 72.4 Å². The van der Waals surface area contributed by atoms with Gasteiger partial charge in [-0.2, -0.15) is 0 Å². The number of pyridine rings is 6. The van der Waals surface area contributed by atoms with Crippen molar-refractivity contribution in [3.05, 3.63) is 163 Å². The third-order valence-corrected chi connectivity index (χ3v) is 19.9. The van der Waals surface area contributed by atoms with Crippen molar-refractivity contribution in [2.24, 2.45) is 17.8 Å². The van der Waals surface area contributed by atoms with Crippen LogP contribution in [0.2, 0.25) is 0 Å². The number of piperidine rings is 3. The Kier molecular flexibility index (Phi) is 43.3. The van der Waals surface area contributed by atoms with Gasteiger partial charge in [0.15, 0.2) is 0 Å². The highest BCUT2D eigenvalue weighted by Crippen LogP contribution is 2.34. The average molecular weight is 1570 g/mol. The van der Waals surface area contributed by atoms with E-state index in [1.54, 1.807) is 49.4 Å². The Labute approximate surface area is 630 Å². The Bertz CT molecular complexity index is 3290. The number of carboxylic acids is 1. The van der Waals surface area contributed by atoms with Crippen LogP contribution in [0.1, 0.15) is 182 Å². The number of hydrogen-bond donors (Lipinski definition) is 4. The number of hydrogen-bond acceptors (Lipinski definition) is 18. The van der Waals surface area contributed by atoms with Crippen LogP contribution < -0.4 is 16.4 Å². The average Bonchev–Trinajstić information content (AvgIpc) is 0.893. The van der Waals surface area contributed by atoms with Crippen LogP contribution in [0.4, 0.5) is 17.5 Å². The number of carboxylic acid groups (broad SMARTS) is 1. The Balaban J connectivity index is 0.000000254. The summed E-state index contributed by atoms with van der Waals surface area (Å²) < 4.78 is 9.75.